The van der Waals surface area contributed by atoms with Crippen LogP contribution in [-0.2, 0) is 14.3 Å². The first kappa shape index (κ1) is 26.3. The van der Waals surface area contributed by atoms with Crippen molar-refractivity contribution in [2.45, 2.75) is 46.0 Å². The van der Waals surface area contributed by atoms with Gasteiger partial charge in [0.2, 0.25) is 5.91 Å². The Morgan fingerprint density at radius 3 is 2.17 bits per heavy atom. The van der Waals surface area contributed by atoms with Gasteiger partial charge in [0.05, 0.1) is 5.92 Å². The summed E-state index contributed by atoms with van der Waals surface area (Å²) in [6.07, 6.45) is 1.23. The fourth-order valence-electron chi connectivity index (χ4n) is 4.50. The van der Waals surface area contributed by atoms with Gasteiger partial charge in [-0.3, -0.25) is 9.59 Å². The molecule has 0 heterocycles. The Bertz CT molecular complexity index is 1020. The number of carboxylic acid groups (broad SMARTS) is 1. The summed E-state index contributed by atoms with van der Waals surface area (Å²) in [4.78, 5) is 37.2. The summed E-state index contributed by atoms with van der Waals surface area (Å²) >= 11 is 0. The Balaban J connectivity index is 1.42. The lowest BCUT2D eigenvalue weighted by Gasteiger charge is -2.26. The van der Waals surface area contributed by atoms with E-state index >= 15 is 0 Å². The molecule has 2 aromatic rings. The molecule has 0 aromatic heterocycles. The van der Waals surface area contributed by atoms with Gasteiger partial charge in [0.1, 0.15) is 6.61 Å². The van der Waals surface area contributed by atoms with E-state index in [9.17, 15) is 14.4 Å². The van der Waals surface area contributed by atoms with E-state index in [1.165, 1.54) is 27.2 Å². The number of hydrogen-bond acceptors (Lipinski definition) is 4. The number of fused-ring (bicyclic) bond motifs is 3. The molecular weight excluding hydrogens is 444 g/mol. The van der Waals surface area contributed by atoms with Gasteiger partial charge in [-0.15, -0.1) is 0 Å². The van der Waals surface area contributed by atoms with Crippen molar-refractivity contribution in [3.8, 4) is 11.1 Å². The maximum atomic E-state index is 12.4. The molecule has 2 aromatic carbocycles. The van der Waals surface area contributed by atoms with Gasteiger partial charge in [0, 0.05) is 32.5 Å². The largest absolute Gasteiger partial charge is 0.481 e. The van der Waals surface area contributed by atoms with Gasteiger partial charge < -0.3 is 20.1 Å². The van der Waals surface area contributed by atoms with Crippen molar-refractivity contribution in [3.05, 3.63) is 59.7 Å². The smallest absolute Gasteiger partial charge is 0.407 e. The zero-order chi connectivity index (χ0) is 25.6. The van der Waals surface area contributed by atoms with Crippen LogP contribution in [0, 0.1) is 11.3 Å². The fourth-order valence-corrected chi connectivity index (χ4v) is 4.50. The molecule has 7 nitrogen and oxygen atoms in total. The third kappa shape index (κ3) is 6.84. The number of benzene rings is 2. The van der Waals surface area contributed by atoms with Crippen LogP contribution in [0.2, 0.25) is 0 Å². The van der Waals surface area contributed by atoms with Crippen LogP contribution < -0.4 is 5.32 Å². The quantitative estimate of drug-likeness (QED) is 0.477. The summed E-state index contributed by atoms with van der Waals surface area (Å²) in [5.74, 6) is -1.56. The topological polar surface area (TPSA) is 95.9 Å². The highest BCUT2D eigenvalue weighted by atomic mass is 16.5. The number of alkyl carbamates (subject to hydrolysis) is 1. The molecule has 0 fully saturated rings. The van der Waals surface area contributed by atoms with Gasteiger partial charge in [-0.1, -0.05) is 69.3 Å². The van der Waals surface area contributed by atoms with Gasteiger partial charge in [-0.2, -0.15) is 0 Å². The lowest BCUT2D eigenvalue weighted by molar-refractivity contribution is -0.142. The van der Waals surface area contributed by atoms with Crippen molar-refractivity contribution in [2.24, 2.45) is 11.3 Å². The first-order chi connectivity index (χ1) is 16.6. The van der Waals surface area contributed by atoms with E-state index in [1.807, 2.05) is 24.3 Å². The number of carbonyl (C=O) groups is 3. The Morgan fingerprint density at radius 1 is 1.03 bits per heavy atom. The minimum atomic E-state index is -0.913. The Morgan fingerprint density at radius 2 is 1.60 bits per heavy atom. The van der Waals surface area contributed by atoms with Crippen molar-refractivity contribution < 1.29 is 24.2 Å². The number of carbonyl (C=O) groups excluding carboxylic acids is 2. The summed E-state index contributed by atoms with van der Waals surface area (Å²) in [5, 5.41) is 11.9. The van der Waals surface area contributed by atoms with Crippen LogP contribution in [0.3, 0.4) is 0 Å². The minimum Gasteiger partial charge on any atom is -0.481 e. The molecule has 3 rings (SSSR count). The van der Waals surface area contributed by atoms with Crippen LogP contribution in [0.4, 0.5) is 4.79 Å². The number of carboxylic acids is 1. The van der Waals surface area contributed by atoms with Crippen molar-refractivity contribution in [1.29, 1.82) is 0 Å². The third-order valence-corrected chi connectivity index (χ3v) is 6.83. The summed E-state index contributed by atoms with van der Waals surface area (Å²) in [6.45, 7) is 6.62. The predicted octanol–water partition coefficient (Wildman–Crippen LogP) is 4.90. The number of amides is 2. The monoisotopic (exact) mass is 480 g/mol. The fraction of sp³-hybridized carbons (Fsp3) is 0.464. The molecule has 1 aliphatic carbocycles. The minimum absolute atomic E-state index is 0.0245. The molecule has 2 N–H and O–H groups in total. The first-order valence-electron chi connectivity index (χ1n) is 12.1. The standard InChI is InChI=1S/C28H36N2O5/c1-19(26(32)33)17-30(4)25(31)13-14-28(2,3)15-16-29-27(34)35-18-24-22-11-7-5-9-20(22)21-10-6-8-12-23(21)24/h5-12,19,24H,13-18H2,1-4H3,(H,29,34)(H,32,33). The summed E-state index contributed by atoms with van der Waals surface area (Å²) in [5.41, 5.74) is 4.57. The van der Waals surface area contributed by atoms with Gasteiger partial charge in [-0.05, 0) is 40.5 Å². The van der Waals surface area contributed by atoms with E-state index in [0.717, 1.165) is 0 Å². The summed E-state index contributed by atoms with van der Waals surface area (Å²) < 4.78 is 5.58. The predicted molar refractivity (Wildman–Crippen MR) is 135 cm³/mol. The number of ether oxygens (including phenoxy) is 1. The lowest BCUT2D eigenvalue weighted by Crippen LogP contribution is -2.34. The van der Waals surface area contributed by atoms with E-state index in [2.05, 4.69) is 43.4 Å². The average Bonchev–Trinajstić information content (AvgIpc) is 3.14. The van der Waals surface area contributed by atoms with Crippen LogP contribution in [0.25, 0.3) is 11.1 Å². The average molecular weight is 481 g/mol. The molecule has 188 valence electrons. The molecule has 1 aliphatic rings. The normalized spacial score (nSPS) is 13.5. The van der Waals surface area contributed by atoms with Gasteiger partial charge in [0.25, 0.3) is 0 Å². The van der Waals surface area contributed by atoms with Crippen LogP contribution in [-0.4, -0.2) is 54.7 Å². The van der Waals surface area contributed by atoms with Crippen LogP contribution >= 0.6 is 0 Å². The van der Waals surface area contributed by atoms with Crippen LogP contribution in [0.1, 0.15) is 57.1 Å². The molecule has 0 radical (unpaired) electrons. The van der Waals surface area contributed by atoms with E-state index in [1.54, 1.807) is 14.0 Å². The van der Waals surface area contributed by atoms with Crippen molar-refractivity contribution >= 4 is 18.0 Å². The molecule has 0 saturated heterocycles. The Kier molecular flexibility index (Phi) is 8.54. The number of hydrogen-bond donors (Lipinski definition) is 2. The zero-order valence-corrected chi connectivity index (χ0v) is 21.0. The van der Waals surface area contributed by atoms with Gasteiger partial charge in [0.15, 0.2) is 0 Å². The zero-order valence-electron chi connectivity index (χ0n) is 21.0. The maximum absolute atomic E-state index is 12.4. The van der Waals surface area contributed by atoms with E-state index in [-0.39, 0.29) is 30.4 Å². The van der Waals surface area contributed by atoms with Crippen LogP contribution in [0.5, 0.6) is 0 Å². The van der Waals surface area contributed by atoms with Crippen molar-refractivity contribution in [3.63, 3.8) is 0 Å². The Labute approximate surface area is 207 Å². The van der Waals surface area contributed by atoms with E-state index in [0.29, 0.717) is 25.8 Å². The van der Waals surface area contributed by atoms with Crippen LogP contribution in [0.15, 0.2) is 48.5 Å². The number of aliphatic carboxylic acids is 1. The van der Waals surface area contributed by atoms with Gasteiger partial charge >= 0.3 is 12.1 Å². The van der Waals surface area contributed by atoms with E-state index in [4.69, 9.17) is 9.84 Å². The van der Waals surface area contributed by atoms with E-state index < -0.39 is 18.0 Å². The summed E-state index contributed by atoms with van der Waals surface area (Å²) in [7, 11) is 1.63. The molecular formula is C28H36N2O5. The second-order valence-corrected chi connectivity index (χ2v) is 10.2. The summed E-state index contributed by atoms with van der Waals surface area (Å²) in [6, 6.07) is 16.4. The first-order valence-corrected chi connectivity index (χ1v) is 12.1. The molecule has 7 heteroatoms. The van der Waals surface area contributed by atoms with Crippen molar-refractivity contribution in [2.75, 3.05) is 26.7 Å². The molecule has 1 unspecified atom stereocenters. The maximum Gasteiger partial charge on any atom is 0.407 e. The molecule has 2 amide bonds. The number of nitrogens with one attached hydrogen (secondary N) is 1. The highest BCUT2D eigenvalue weighted by Crippen LogP contribution is 2.44. The second kappa shape index (κ2) is 11.4. The second-order valence-electron chi connectivity index (χ2n) is 10.2. The third-order valence-electron chi connectivity index (χ3n) is 6.83. The molecule has 0 spiro atoms. The molecule has 0 saturated carbocycles. The molecule has 35 heavy (non-hydrogen) atoms. The Hall–Kier alpha value is -3.35. The number of nitrogens with zero attached hydrogens (tertiary/aromatic N) is 1. The molecule has 0 aliphatic heterocycles. The molecule has 0 bridgehead atoms. The van der Waals surface area contributed by atoms with Gasteiger partial charge in [-0.25, -0.2) is 4.79 Å². The highest BCUT2D eigenvalue weighted by molar-refractivity contribution is 5.79. The number of rotatable bonds is 11. The SMILES string of the molecule is CC(CN(C)C(=O)CCC(C)(C)CCNC(=O)OCC1c2ccccc2-c2ccccc21)C(=O)O. The lowest BCUT2D eigenvalue weighted by atomic mass is 9.84. The highest BCUT2D eigenvalue weighted by Gasteiger charge is 2.29. The van der Waals surface area contributed by atoms with Crippen molar-refractivity contribution in [1.82, 2.24) is 10.2 Å². The molecule has 1 atom stereocenters.